The molecule has 2 nitrogen and oxygen atoms in total. The van der Waals surface area contributed by atoms with Crippen LogP contribution in [0.2, 0.25) is 0 Å². The molecule has 0 amide bonds. The van der Waals surface area contributed by atoms with Crippen LogP contribution < -0.4 is 0 Å². The zero-order chi connectivity index (χ0) is 14.8. The Morgan fingerprint density at radius 3 is 2.60 bits per heavy atom. The summed E-state index contributed by atoms with van der Waals surface area (Å²) in [5.74, 6) is 0. The third-order valence-electron chi connectivity index (χ3n) is 3.65. The molecule has 0 bridgehead atoms. The minimum atomic E-state index is -0.981. The van der Waals surface area contributed by atoms with E-state index >= 15 is 0 Å². The topological polar surface area (TPSA) is 44.0 Å². The van der Waals surface area contributed by atoms with Crippen molar-refractivity contribution >= 4 is 0 Å². The van der Waals surface area contributed by atoms with Crippen molar-refractivity contribution in [3.05, 3.63) is 70.3 Å². The molecule has 102 valence electrons. The lowest BCUT2D eigenvalue weighted by atomic mass is 9.86. The molecule has 0 saturated heterocycles. The minimum Gasteiger partial charge on any atom is -0.385 e. The van der Waals surface area contributed by atoms with E-state index in [9.17, 15) is 5.11 Å². The van der Waals surface area contributed by atoms with E-state index in [0.717, 1.165) is 11.1 Å². The van der Waals surface area contributed by atoms with Crippen LogP contribution in [0, 0.1) is 25.2 Å². The first kappa shape index (κ1) is 14.3. The van der Waals surface area contributed by atoms with Crippen molar-refractivity contribution in [1.82, 2.24) is 0 Å². The van der Waals surface area contributed by atoms with E-state index < -0.39 is 5.60 Å². The normalized spacial score (nSPS) is 13.6. The number of nitrogens with zero attached hydrogens (tertiary/aromatic N) is 1. The van der Waals surface area contributed by atoms with Crippen molar-refractivity contribution in [3.63, 3.8) is 0 Å². The smallest absolute Gasteiger partial charge is 0.0991 e. The summed E-state index contributed by atoms with van der Waals surface area (Å²) < 4.78 is 0. The number of aliphatic hydroxyl groups is 1. The van der Waals surface area contributed by atoms with Crippen molar-refractivity contribution in [3.8, 4) is 6.07 Å². The molecule has 0 aliphatic heterocycles. The van der Waals surface area contributed by atoms with E-state index in [2.05, 4.69) is 31.2 Å². The second-order valence-electron chi connectivity index (χ2n) is 5.57. The molecule has 1 N–H and O–H groups in total. The SMILES string of the molecule is Cc1ccc(C)c(CC(C)(O)c2cccc(C#N)c2)c1. The van der Waals surface area contributed by atoms with Crippen LogP contribution >= 0.6 is 0 Å². The maximum Gasteiger partial charge on any atom is 0.0991 e. The highest BCUT2D eigenvalue weighted by atomic mass is 16.3. The highest BCUT2D eigenvalue weighted by molar-refractivity contribution is 5.38. The van der Waals surface area contributed by atoms with Gasteiger partial charge >= 0.3 is 0 Å². The molecule has 0 saturated carbocycles. The molecule has 2 aromatic rings. The molecular formula is C18H19NO. The lowest BCUT2D eigenvalue weighted by Gasteiger charge is -2.25. The number of rotatable bonds is 3. The minimum absolute atomic E-state index is 0.537. The van der Waals surface area contributed by atoms with Crippen LogP contribution in [0.5, 0.6) is 0 Å². The van der Waals surface area contributed by atoms with Gasteiger partial charge in [-0.3, -0.25) is 0 Å². The maximum atomic E-state index is 10.8. The predicted octanol–water partition coefficient (Wildman–Crippen LogP) is 3.63. The molecule has 0 fully saturated rings. The van der Waals surface area contributed by atoms with Crippen LogP contribution in [0.4, 0.5) is 0 Å². The Bertz CT molecular complexity index is 665. The fraction of sp³-hybridized carbons (Fsp3) is 0.278. The first-order valence-electron chi connectivity index (χ1n) is 6.71. The van der Waals surface area contributed by atoms with Crippen molar-refractivity contribution in [2.45, 2.75) is 32.8 Å². The van der Waals surface area contributed by atoms with Gasteiger partial charge in [-0.05, 0) is 49.6 Å². The molecule has 0 aliphatic carbocycles. The first-order chi connectivity index (χ1) is 9.42. The molecule has 0 aromatic heterocycles. The van der Waals surface area contributed by atoms with E-state index in [-0.39, 0.29) is 0 Å². The van der Waals surface area contributed by atoms with Gasteiger partial charge in [-0.25, -0.2) is 0 Å². The standard InChI is InChI=1S/C18H19NO/c1-13-7-8-14(2)16(9-13)11-18(3,20)17-6-4-5-15(10-17)12-19/h4-10,20H,11H2,1-3H3. The van der Waals surface area contributed by atoms with Crippen molar-refractivity contribution < 1.29 is 5.11 Å². The molecular weight excluding hydrogens is 246 g/mol. The highest BCUT2D eigenvalue weighted by Gasteiger charge is 2.24. The van der Waals surface area contributed by atoms with Crippen LogP contribution in [-0.4, -0.2) is 5.11 Å². The molecule has 0 aliphatic rings. The lowest BCUT2D eigenvalue weighted by molar-refractivity contribution is 0.0574. The molecule has 0 spiro atoms. The Morgan fingerprint density at radius 1 is 1.15 bits per heavy atom. The van der Waals surface area contributed by atoms with E-state index in [0.29, 0.717) is 12.0 Å². The number of hydrogen-bond acceptors (Lipinski definition) is 2. The number of aryl methyl sites for hydroxylation is 2. The molecule has 1 unspecified atom stereocenters. The van der Waals surface area contributed by atoms with Gasteiger partial charge in [0.2, 0.25) is 0 Å². The second-order valence-corrected chi connectivity index (χ2v) is 5.57. The van der Waals surface area contributed by atoms with E-state index in [1.165, 1.54) is 11.1 Å². The summed E-state index contributed by atoms with van der Waals surface area (Å²) in [6.07, 6.45) is 0.537. The van der Waals surface area contributed by atoms with Gasteiger partial charge in [0.1, 0.15) is 0 Å². The first-order valence-corrected chi connectivity index (χ1v) is 6.71. The summed E-state index contributed by atoms with van der Waals surface area (Å²) in [5, 5.41) is 19.7. The Labute approximate surface area is 120 Å². The summed E-state index contributed by atoms with van der Waals surface area (Å²) in [4.78, 5) is 0. The second kappa shape index (κ2) is 5.48. The van der Waals surface area contributed by atoms with Gasteiger partial charge in [0.15, 0.2) is 0 Å². The van der Waals surface area contributed by atoms with E-state index in [4.69, 9.17) is 5.26 Å². The Hall–Kier alpha value is -2.11. The summed E-state index contributed by atoms with van der Waals surface area (Å²) in [7, 11) is 0. The van der Waals surface area contributed by atoms with Crippen LogP contribution in [0.1, 0.15) is 34.7 Å². The third kappa shape index (κ3) is 3.07. The van der Waals surface area contributed by atoms with Crippen LogP contribution in [0.3, 0.4) is 0 Å². The van der Waals surface area contributed by atoms with E-state index in [1.807, 2.05) is 19.1 Å². The fourth-order valence-corrected chi connectivity index (χ4v) is 2.39. The highest BCUT2D eigenvalue weighted by Crippen LogP contribution is 2.27. The summed E-state index contributed by atoms with van der Waals surface area (Å²) in [6, 6.07) is 15.6. The molecule has 0 radical (unpaired) electrons. The van der Waals surface area contributed by atoms with Crippen molar-refractivity contribution in [2.24, 2.45) is 0 Å². The summed E-state index contributed by atoms with van der Waals surface area (Å²) in [6.45, 7) is 5.90. The Balaban J connectivity index is 2.35. The number of benzene rings is 2. The molecule has 2 aromatic carbocycles. The average molecular weight is 265 g/mol. The van der Waals surface area contributed by atoms with Gasteiger partial charge < -0.3 is 5.11 Å². The van der Waals surface area contributed by atoms with Gasteiger partial charge in [-0.15, -0.1) is 0 Å². The predicted molar refractivity (Wildman–Crippen MR) is 80.3 cm³/mol. The largest absolute Gasteiger partial charge is 0.385 e. The van der Waals surface area contributed by atoms with Gasteiger partial charge in [0.25, 0.3) is 0 Å². The van der Waals surface area contributed by atoms with Crippen molar-refractivity contribution in [2.75, 3.05) is 0 Å². The van der Waals surface area contributed by atoms with Gasteiger partial charge in [-0.2, -0.15) is 5.26 Å². The number of hydrogen-bond donors (Lipinski definition) is 1. The molecule has 1 atom stereocenters. The zero-order valence-electron chi connectivity index (χ0n) is 12.1. The maximum absolute atomic E-state index is 10.8. The summed E-state index contributed by atoms with van der Waals surface area (Å²) in [5.41, 5.74) is 3.86. The van der Waals surface area contributed by atoms with Crippen LogP contribution in [-0.2, 0) is 12.0 Å². The average Bonchev–Trinajstić information content (AvgIpc) is 2.43. The van der Waals surface area contributed by atoms with Gasteiger partial charge in [-0.1, -0.05) is 35.9 Å². The van der Waals surface area contributed by atoms with Crippen LogP contribution in [0.15, 0.2) is 42.5 Å². The lowest BCUT2D eigenvalue weighted by Crippen LogP contribution is -2.24. The molecule has 0 heterocycles. The fourth-order valence-electron chi connectivity index (χ4n) is 2.39. The monoisotopic (exact) mass is 265 g/mol. The zero-order valence-corrected chi connectivity index (χ0v) is 12.1. The molecule has 2 rings (SSSR count). The quantitative estimate of drug-likeness (QED) is 0.921. The van der Waals surface area contributed by atoms with Gasteiger partial charge in [0, 0.05) is 6.42 Å². The summed E-state index contributed by atoms with van der Waals surface area (Å²) >= 11 is 0. The third-order valence-corrected chi connectivity index (χ3v) is 3.65. The van der Waals surface area contributed by atoms with E-state index in [1.54, 1.807) is 19.1 Å². The Morgan fingerprint density at radius 2 is 1.90 bits per heavy atom. The van der Waals surface area contributed by atoms with Crippen molar-refractivity contribution in [1.29, 1.82) is 5.26 Å². The Kier molecular flexibility index (Phi) is 3.92. The van der Waals surface area contributed by atoms with Gasteiger partial charge in [0.05, 0.1) is 17.2 Å². The number of nitriles is 1. The molecule has 20 heavy (non-hydrogen) atoms. The van der Waals surface area contributed by atoms with Crippen LogP contribution in [0.25, 0.3) is 0 Å². The molecule has 2 heteroatoms.